The first kappa shape index (κ1) is 15.5. The summed E-state index contributed by atoms with van der Waals surface area (Å²) in [7, 11) is 0. The first-order valence-corrected chi connectivity index (χ1v) is 8.12. The van der Waals surface area contributed by atoms with Crippen molar-refractivity contribution >= 4 is 34.7 Å². The minimum absolute atomic E-state index is 0.298. The first-order chi connectivity index (χ1) is 11.2. The molecule has 2 amide bonds. The third-order valence-corrected chi connectivity index (χ3v) is 4.09. The second kappa shape index (κ2) is 7.21. The molecule has 0 fully saturated rings. The van der Waals surface area contributed by atoms with E-state index in [-0.39, 0.29) is 6.03 Å². The lowest BCUT2D eigenvalue weighted by atomic mass is 10.2. The molecule has 0 radical (unpaired) electrons. The maximum atomic E-state index is 11.9. The fourth-order valence-electron chi connectivity index (χ4n) is 1.94. The van der Waals surface area contributed by atoms with Gasteiger partial charge in [0, 0.05) is 34.0 Å². The number of hydrogen-bond acceptors (Lipinski definition) is 4. The van der Waals surface area contributed by atoms with Gasteiger partial charge in [0.1, 0.15) is 5.01 Å². The minimum Gasteiger partial charge on any atom is -0.331 e. The van der Waals surface area contributed by atoms with Gasteiger partial charge in [-0.25, -0.2) is 9.78 Å². The summed E-state index contributed by atoms with van der Waals surface area (Å²) in [6.45, 7) is 0.363. The van der Waals surface area contributed by atoms with Crippen LogP contribution < -0.4 is 10.6 Å². The molecule has 0 spiro atoms. The molecule has 0 atom stereocenters. The molecule has 1 aromatic carbocycles. The number of pyridine rings is 1. The van der Waals surface area contributed by atoms with E-state index < -0.39 is 0 Å². The van der Waals surface area contributed by atoms with Crippen molar-refractivity contribution in [2.24, 2.45) is 0 Å². The van der Waals surface area contributed by atoms with Gasteiger partial charge in [0.2, 0.25) is 0 Å². The molecule has 3 aromatic rings. The van der Waals surface area contributed by atoms with Gasteiger partial charge in [-0.05, 0) is 30.3 Å². The van der Waals surface area contributed by atoms with Gasteiger partial charge in [-0.15, -0.1) is 11.3 Å². The molecule has 0 bridgehead atoms. The topological polar surface area (TPSA) is 66.9 Å². The molecule has 2 aromatic heterocycles. The van der Waals surface area contributed by atoms with Gasteiger partial charge in [0.15, 0.2) is 0 Å². The largest absolute Gasteiger partial charge is 0.331 e. The number of nitrogens with one attached hydrogen (secondary N) is 2. The summed E-state index contributed by atoms with van der Waals surface area (Å²) in [4.78, 5) is 20.4. The highest BCUT2D eigenvalue weighted by Gasteiger charge is 2.06. The number of amides is 2. The fraction of sp³-hybridized carbons (Fsp3) is 0.0625. The molecule has 0 aliphatic heterocycles. The number of anilines is 1. The highest BCUT2D eigenvalue weighted by atomic mass is 35.5. The zero-order chi connectivity index (χ0) is 16.1. The molecule has 3 rings (SSSR count). The van der Waals surface area contributed by atoms with Crippen LogP contribution in [-0.4, -0.2) is 16.0 Å². The molecule has 7 heteroatoms. The van der Waals surface area contributed by atoms with Crippen molar-refractivity contribution in [2.75, 3.05) is 5.32 Å². The van der Waals surface area contributed by atoms with Crippen molar-refractivity contribution in [2.45, 2.75) is 6.54 Å². The summed E-state index contributed by atoms with van der Waals surface area (Å²) in [5.74, 6) is 0. The van der Waals surface area contributed by atoms with Crippen molar-refractivity contribution in [3.05, 3.63) is 64.2 Å². The third kappa shape index (κ3) is 4.28. The van der Waals surface area contributed by atoms with Gasteiger partial charge in [-0.2, -0.15) is 0 Å². The Morgan fingerprint density at radius 3 is 2.83 bits per heavy atom. The molecule has 2 N–H and O–H groups in total. The molecule has 0 unspecified atom stereocenters. The van der Waals surface area contributed by atoms with Crippen molar-refractivity contribution in [3.63, 3.8) is 0 Å². The van der Waals surface area contributed by atoms with Gasteiger partial charge < -0.3 is 10.6 Å². The van der Waals surface area contributed by atoms with E-state index >= 15 is 0 Å². The van der Waals surface area contributed by atoms with Crippen molar-refractivity contribution in [1.29, 1.82) is 0 Å². The van der Waals surface area contributed by atoms with E-state index in [4.69, 9.17) is 11.6 Å². The number of carbonyl (C=O) groups is 1. The molecule has 2 heterocycles. The first-order valence-electron chi connectivity index (χ1n) is 6.86. The smallest absolute Gasteiger partial charge is 0.319 e. The van der Waals surface area contributed by atoms with Crippen LogP contribution in [0.5, 0.6) is 0 Å². The Kier molecular flexibility index (Phi) is 4.85. The molecule has 5 nitrogen and oxygen atoms in total. The van der Waals surface area contributed by atoms with Crippen LogP contribution in [0.15, 0.2) is 54.2 Å². The van der Waals surface area contributed by atoms with Crippen LogP contribution in [0, 0.1) is 0 Å². The number of benzene rings is 1. The second-order valence-corrected chi connectivity index (χ2v) is 6.06. The Balaban J connectivity index is 1.56. The molecular weight excluding hydrogens is 332 g/mol. The maximum absolute atomic E-state index is 11.9. The van der Waals surface area contributed by atoms with Gasteiger partial charge in [-0.1, -0.05) is 17.7 Å². The molecule has 23 heavy (non-hydrogen) atoms. The Labute approximate surface area is 142 Å². The average Bonchev–Trinajstić information content (AvgIpc) is 3.03. The van der Waals surface area contributed by atoms with Crippen molar-refractivity contribution in [3.8, 4) is 11.3 Å². The average molecular weight is 345 g/mol. The number of aromatic nitrogens is 2. The van der Waals surface area contributed by atoms with Crippen molar-refractivity contribution in [1.82, 2.24) is 15.3 Å². The lowest BCUT2D eigenvalue weighted by Gasteiger charge is -2.06. The summed E-state index contributed by atoms with van der Waals surface area (Å²) in [5, 5.41) is 8.86. The fourth-order valence-corrected chi connectivity index (χ4v) is 2.88. The number of nitrogens with zero attached hydrogens (tertiary/aromatic N) is 2. The Morgan fingerprint density at radius 2 is 2.04 bits per heavy atom. The van der Waals surface area contributed by atoms with E-state index in [9.17, 15) is 4.79 Å². The van der Waals surface area contributed by atoms with Crippen LogP contribution >= 0.6 is 22.9 Å². The molecule has 116 valence electrons. The summed E-state index contributed by atoms with van der Waals surface area (Å²) in [6, 6.07) is 10.5. The Morgan fingerprint density at radius 1 is 1.22 bits per heavy atom. The van der Waals surface area contributed by atoms with Gasteiger partial charge in [0.05, 0.1) is 12.2 Å². The zero-order valence-electron chi connectivity index (χ0n) is 12.0. The highest BCUT2D eigenvalue weighted by molar-refractivity contribution is 7.09. The zero-order valence-corrected chi connectivity index (χ0v) is 13.6. The lowest BCUT2D eigenvalue weighted by Crippen LogP contribution is -2.28. The van der Waals surface area contributed by atoms with Crippen molar-refractivity contribution < 1.29 is 4.79 Å². The highest BCUT2D eigenvalue weighted by Crippen LogP contribution is 2.21. The molecule has 0 aliphatic carbocycles. The van der Waals surface area contributed by atoms with Crippen LogP contribution in [0.3, 0.4) is 0 Å². The number of halogens is 1. The molecule has 0 saturated heterocycles. The van der Waals surface area contributed by atoms with Gasteiger partial charge in [0.25, 0.3) is 0 Å². The van der Waals surface area contributed by atoms with Crippen LogP contribution in [-0.2, 0) is 6.54 Å². The normalized spacial score (nSPS) is 10.3. The van der Waals surface area contributed by atoms with Crippen LogP contribution in [0.4, 0.5) is 10.5 Å². The summed E-state index contributed by atoms with van der Waals surface area (Å²) < 4.78 is 0. The van der Waals surface area contributed by atoms with E-state index in [1.165, 1.54) is 11.3 Å². The molecular formula is C16H13ClN4OS. The predicted octanol–water partition coefficient (Wildman–Crippen LogP) is 4.18. The van der Waals surface area contributed by atoms with Crippen LogP contribution in [0.2, 0.25) is 5.02 Å². The number of rotatable bonds is 4. The number of hydrogen-bond donors (Lipinski definition) is 2. The van der Waals surface area contributed by atoms with E-state index in [1.807, 2.05) is 17.5 Å². The molecule has 0 saturated carbocycles. The van der Waals surface area contributed by atoms with E-state index in [0.717, 1.165) is 16.3 Å². The van der Waals surface area contributed by atoms with E-state index in [0.29, 0.717) is 17.3 Å². The van der Waals surface area contributed by atoms with E-state index in [1.54, 1.807) is 36.7 Å². The minimum atomic E-state index is -0.298. The Bertz CT molecular complexity index is 807. The SMILES string of the molecule is O=C(NCc1nc(-c2ccncc2)cs1)Nc1cccc(Cl)c1. The standard InChI is InChI=1S/C16H13ClN4OS/c17-12-2-1-3-13(8-12)20-16(22)19-9-15-21-14(10-23-15)11-4-6-18-7-5-11/h1-8,10H,9H2,(H2,19,20,22). The van der Waals surface area contributed by atoms with Crippen LogP contribution in [0.25, 0.3) is 11.3 Å². The summed E-state index contributed by atoms with van der Waals surface area (Å²) >= 11 is 7.38. The molecule has 0 aliphatic rings. The lowest BCUT2D eigenvalue weighted by molar-refractivity contribution is 0.251. The number of urea groups is 1. The Hall–Kier alpha value is -2.44. The summed E-state index contributed by atoms with van der Waals surface area (Å²) in [6.07, 6.45) is 3.45. The van der Waals surface area contributed by atoms with Gasteiger partial charge in [-0.3, -0.25) is 4.98 Å². The van der Waals surface area contributed by atoms with Crippen LogP contribution in [0.1, 0.15) is 5.01 Å². The second-order valence-electron chi connectivity index (χ2n) is 4.68. The number of carbonyl (C=O) groups excluding carboxylic acids is 1. The maximum Gasteiger partial charge on any atom is 0.319 e. The number of thiazole rings is 1. The summed E-state index contributed by atoms with van der Waals surface area (Å²) in [5.41, 5.74) is 2.53. The van der Waals surface area contributed by atoms with E-state index in [2.05, 4.69) is 20.6 Å². The predicted molar refractivity (Wildman–Crippen MR) is 92.7 cm³/mol. The third-order valence-electron chi connectivity index (χ3n) is 3.01. The quantitative estimate of drug-likeness (QED) is 0.746. The van der Waals surface area contributed by atoms with Gasteiger partial charge >= 0.3 is 6.03 Å². The monoisotopic (exact) mass is 344 g/mol.